The van der Waals surface area contributed by atoms with Crippen LogP contribution in [0.5, 0.6) is 0 Å². The smallest absolute Gasteiger partial charge is 0.336 e. The highest BCUT2D eigenvalue weighted by Crippen LogP contribution is 2.39. The number of hydrogen-bond acceptors (Lipinski definition) is 6. The molecule has 0 radical (unpaired) electrons. The van der Waals surface area contributed by atoms with Gasteiger partial charge in [0.25, 0.3) is 0 Å². The van der Waals surface area contributed by atoms with Crippen molar-refractivity contribution >= 4 is 23.5 Å². The molecule has 0 amide bonds. The van der Waals surface area contributed by atoms with Crippen LogP contribution >= 0.6 is 11.6 Å². The molecular formula is C21H24ClNO5. The molecule has 1 aromatic rings. The summed E-state index contributed by atoms with van der Waals surface area (Å²) in [5.41, 5.74) is 2.71. The van der Waals surface area contributed by atoms with Gasteiger partial charge in [-0.15, -0.1) is 0 Å². The quantitative estimate of drug-likeness (QED) is 0.756. The van der Waals surface area contributed by atoms with Gasteiger partial charge in [-0.05, 0) is 44.4 Å². The Morgan fingerprint density at radius 3 is 2.54 bits per heavy atom. The Bertz CT molecular complexity index is 839. The lowest BCUT2D eigenvalue weighted by atomic mass is 9.80. The number of ether oxygens (including phenoxy) is 3. The molecule has 0 aliphatic carbocycles. The Hall–Kier alpha value is -2.31. The van der Waals surface area contributed by atoms with Crippen LogP contribution < -0.4 is 5.32 Å². The fourth-order valence-corrected chi connectivity index (χ4v) is 3.89. The number of methoxy groups -OCH3 is 1. The molecule has 150 valence electrons. The molecule has 0 aromatic heterocycles. The normalized spacial score (nSPS) is 22.1. The molecule has 2 aliphatic heterocycles. The number of carbonyl (C=O) groups excluding carboxylic acids is 2. The maximum absolute atomic E-state index is 13.0. The first-order valence-corrected chi connectivity index (χ1v) is 9.61. The molecule has 2 aliphatic rings. The number of halogens is 1. The van der Waals surface area contributed by atoms with Gasteiger partial charge in [0.05, 0.1) is 30.3 Å². The van der Waals surface area contributed by atoms with Crippen molar-refractivity contribution in [2.24, 2.45) is 0 Å². The van der Waals surface area contributed by atoms with Crippen LogP contribution in [0.25, 0.3) is 0 Å². The highest BCUT2D eigenvalue weighted by molar-refractivity contribution is 6.30. The third-order valence-corrected chi connectivity index (χ3v) is 5.23. The second-order valence-electron chi connectivity index (χ2n) is 6.92. The van der Waals surface area contributed by atoms with Crippen molar-refractivity contribution in [1.29, 1.82) is 0 Å². The standard InChI is InChI=1S/C21H24ClNO5/c1-12-17(20(24)26-3)19(14-6-4-7-15(22)10-14)18(13(2)23-12)21(25)28-11-16-8-5-9-27-16/h4,6-7,10,16,19,23H,5,8-9,11H2,1-3H3/t16-,19-/m1/s1. The summed E-state index contributed by atoms with van der Waals surface area (Å²) in [6.07, 6.45) is 1.75. The fraction of sp³-hybridized carbons (Fsp3) is 0.429. The first-order chi connectivity index (χ1) is 13.4. The fourth-order valence-electron chi connectivity index (χ4n) is 3.69. The van der Waals surface area contributed by atoms with Crippen LogP contribution in [0.3, 0.4) is 0 Å². The zero-order valence-corrected chi connectivity index (χ0v) is 17.0. The molecule has 6 nitrogen and oxygen atoms in total. The van der Waals surface area contributed by atoms with Crippen LogP contribution in [0, 0.1) is 0 Å². The molecule has 28 heavy (non-hydrogen) atoms. The molecule has 2 atom stereocenters. The van der Waals surface area contributed by atoms with E-state index in [0.29, 0.717) is 34.2 Å². The van der Waals surface area contributed by atoms with Crippen LogP contribution in [0.15, 0.2) is 46.8 Å². The predicted molar refractivity (Wildman–Crippen MR) is 105 cm³/mol. The average molecular weight is 406 g/mol. The van der Waals surface area contributed by atoms with Gasteiger partial charge < -0.3 is 19.5 Å². The highest BCUT2D eigenvalue weighted by atomic mass is 35.5. The van der Waals surface area contributed by atoms with Gasteiger partial charge in [0.2, 0.25) is 0 Å². The summed E-state index contributed by atoms with van der Waals surface area (Å²) >= 11 is 6.18. The van der Waals surface area contributed by atoms with E-state index in [1.54, 1.807) is 32.0 Å². The molecule has 7 heteroatoms. The van der Waals surface area contributed by atoms with Gasteiger partial charge >= 0.3 is 11.9 Å². The number of rotatable bonds is 5. The van der Waals surface area contributed by atoms with Crippen LogP contribution in [0.2, 0.25) is 5.02 Å². The van der Waals surface area contributed by atoms with Gasteiger partial charge in [-0.3, -0.25) is 0 Å². The van der Waals surface area contributed by atoms with Crippen LogP contribution in [0.1, 0.15) is 38.2 Å². The Kier molecular flexibility index (Phi) is 6.42. The summed E-state index contributed by atoms with van der Waals surface area (Å²) in [5, 5.41) is 3.63. The summed E-state index contributed by atoms with van der Waals surface area (Å²) in [6, 6.07) is 7.11. The van der Waals surface area contributed by atoms with Gasteiger partial charge in [0.1, 0.15) is 6.61 Å². The first kappa shape index (κ1) is 20.4. The molecule has 1 aromatic carbocycles. The van der Waals surface area contributed by atoms with E-state index in [9.17, 15) is 9.59 Å². The molecule has 2 heterocycles. The molecule has 0 spiro atoms. The Labute approximate surface area is 169 Å². The van der Waals surface area contributed by atoms with E-state index in [2.05, 4.69) is 5.32 Å². The minimum absolute atomic E-state index is 0.0802. The van der Waals surface area contributed by atoms with Crippen LogP contribution in [0.4, 0.5) is 0 Å². The van der Waals surface area contributed by atoms with E-state index in [1.807, 2.05) is 6.07 Å². The highest BCUT2D eigenvalue weighted by Gasteiger charge is 2.38. The Morgan fingerprint density at radius 2 is 1.93 bits per heavy atom. The third kappa shape index (κ3) is 4.23. The largest absolute Gasteiger partial charge is 0.466 e. The van der Waals surface area contributed by atoms with Gasteiger partial charge in [-0.1, -0.05) is 23.7 Å². The van der Waals surface area contributed by atoms with E-state index >= 15 is 0 Å². The number of allylic oxidation sites excluding steroid dienone is 2. The maximum Gasteiger partial charge on any atom is 0.336 e. The molecule has 1 saturated heterocycles. The second kappa shape index (κ2) is 8.80. The van der Waals surface area contributed by atoms with E-state index in [-0.39, 0.29) is 12.7 Å². The average Bonchev–Trinajstić information content (AvgIpc) is 3.18. The van der Waals surface area contributed by atoms with E-state index in [4.69, 9.17) is 25.8 Å². The summed E-state index contributed by atoms with van der Waals surface area (Å²) in [7, 11) is 1.32. The number of nitrogens with one attached hydrogen (secondary N) is 1. The molecule has 1 N–H and O–H groups in total. The lowest BCUT2D eigenvalue weighted by molar-refractivity contribution is -0.142. The van der Waals surface area contributed by atoms with Crippen molar-refractivity contribution < 1.29 is 23.8 Å². The molecular weight excluding hydrogens is 382 g/mol. The molecule has 1 fully saturated rings. The van der Waals surface area contributed by atoms with Crippen molar-refractivity contribution in [2.75, 3.05) is 20.3 Å². The second-order valence-corrected chi connectivity index (χ2v) is 7.35. The van der Waals surface area contributed by atoms with Gasteiger partial charge in [0, 0.05) is 23.0 Å². The summed E-state index contributed by atoms with van der Waals surface area (Å²) in [6.45, 7) is 4.44. The van der Waals surface area contributed by atoms with Crippen molar-refractivity contribution in [3.8, 4) is 0 Å². The predicted octanol–water partition coefficient (Wildman–Crippen LogP) is 3.47. The minimum atomic E-state index is -0.635. The number of esters is 2. The van der Waals surface area contributed by atoms with Crippen molar-refractivity contribution in [3.63, 3.8) is 0 Å². The van der Waals surface area contributed by atoms with Crippen molar-refractivity contribution in [2.45, 2.75) is 38.7 Å². The summed E-state index contributed by atoms with van der Waals surface area (Å²) in [4.78, 5) is 25.6. The van der Waals surface area contributed by atoms with Gasteiger partial charge in [-0.25, -0.2) is 9.59 Å². The van der Waals surface area contributed by atoms with Crippen molar-refractivity contribution in [3.05, 3.63) is 57.4 Å². The van der Waals surface area contributed by atoms with E-state index < -0.39 is 17.9 Å². The SMILES string of the molecule is COC(=O)C1=C(C)NC(C)=C(C(=O)OC[C@H]2CCCO2)[C@@H]1c1cccc(Cl)c1. The molecule has 0 unspecified atom stereocenters. The molecule has 3 rings (SSSR count). The number of benzene rings is 1. The van der Waals surface area contributed by atoms with Gasteiger partial charge in [-0.2, -0.15) is 0 Å². The zero-order chi connectivity index (χ0) is 20.3. The van der Waals surface area contributed by atoms with E-state index in [0.717, 1.165) is 18.4 Å². The Balaban J connectivity index is 1.98. The number of carbonyl (C=O) groups is 2. The number of hydrogen-bond donors (Lipinski definition) is 1. The topological polar surface area (TPSA) is 73.9 Å². The lowest BCUT2D eigenvalue weighted by Crippen LogP contribution is -2.33. The van der Waals surface area contributed by atoms with Crippen LogP contribution in [-0.2, 0) is 23.8 Å². The Morgan fingerprint density at radius 1 is 1.21 bits per heavy atom. The molecule has 0 saturated carbocycles. The summed E-state index contributed by atoms with van der Waals surface area (Å²) in [5.74, 6) is -1.63. The lowest BCUT2D eigenvalue weighted by Gasteiger charge is -2.30. The van der Waals surface area contributed by atoms with Gasteiger partial charge in [0.15, 0.2) is 0 Å². The van der Waals surface area contributed by atoms with Crippen molar-refractivity contribution in [1.82, 2.24) is 5.32 Å². The first-order valence-electron chi connectivity index (χ1n) is 9.23. The van der Waals surface area contributed by atoms with Crippen LogP contribution in [-0.4, -0.2) is 38.4 Å². The monoisotopic (exact) mass is 405 g/mol. The van der Waals surface area contributed by atoms with E-state index in [1.165, 1.54) is 7.11 Å². The third-order valence-electron chi connectivity index (χ3n) is 4.99. The number of dihydropyridines is 1. The zero-order valence-electron chi connectivity index (χ0n) is 16.2. The minimum Gasteiger partial charge on any atom is -0.466 e. The summed E-state index contributed by atoms with van der Waals surface area (Å²) < 4.78 is 16.1. The molecule has 0 bridgehead atoms. The maximum atomic E-state index is 13.0.